The van der Waals surface area contributed by atoms with E-state index in [1.165, 1.54) is 18.2 Å². The first-order valence-corrected chi connectivity index (χ1v) is 6.16. The fraction of sp³-hybridized carbons (Fsp3) is 0.462. The van der Waals surface area contributed by atoms with E-state index in [0.29, 0.717) is 0 Å². The molecule has 1 rings (SSSR count). The lowest BCUT2D eigenvalue weighted by atomic mass is 9.99. The number of nitro benzene ring substituents is 1. The fourth-order valence-corrected chi connectivity index (χ4v) is 1.72. The second-order valence-corrected chi connectivity index (χ2v) is 4.42. The van der Waals surface area contributed by atoms with Crippen LogP contribution in [0.3, 0.4) is 0 Å². The summed E-state index contributed by atoms with van der Waals surface area (Å²) in [5, 5.41) is 22.7. The number of para-hydroxylation sites is 1. The van der Waals surface area contributed by atoms with Crippen LogP contribution in [0.15, 0.2) is 24.3 Å². The number of aliphatic hydroxyl groups is 1. The van der Waals surface area contributed by atoms with E-state index in [0.717, 1.165) is 6.42 Å². The molecule has 6 nitrogen and oxygen atoms in total. The molecule has 0 saturated heterocycles. The van der Waals surface area contributed by atoms with Gasteiger partial charge >= 0.3 is 0 Å². The number of hydrogen-bond donors (Lipinski definition) is 2. The number of amides is 1. The first kappa shape index (κ1) is 15.1. The van der Waals surface area contributed by atoms with Gasteiger partial charge in [-0.05, 0) is 12.0 Å². The predicted octanol–water partition coefficient (Wildman–Crippen LogP) is 1.73. The SMILES string of the molecule is CCC(C)[C@@H](CO)NC(=O)c1ccccc1[N+](=O)[O-]. The second-order valence-electron chi connectivity index (χ2n) is 4.42. The molecule has 104 valence electrons. The van der Waals surface area contributed by atoms with Crippen LogP contribution in [0, 0.1) is 16.0 Å². The van der Waals surface area contributed by atoms with E-state index in [1.807, 2.05) is 13.8 Å². The van der Waals surface area contributed by atoms with Gasteiger partial charge in [-0.25, -0.2) is 0 Å². The quantitative estimate of drug-likeness (QED) is 0.605. The highest BCUT2D eigenvalue weighted by atomic mass is 16.6. The molecular formula is C13H18N2O4. The van der Waals surface area contributed by atoms with Gasteiger partial charge in [0.05, 0.1) is 17.6 Å². The van der Waals surface area contributed by atoms with Crippen LogP contribution in [0.25, 0.3) is 0 Å². The Morgan fingerprint density at radius 3 is 2.63 bits per heavy atom. The molecule has 0 fully saturated rings. The van der Waals surface area contributed by atoms with Crippen LogP contribution in [-0.2, 0) is 0 Å². The van der Waals surface area contributed by atoms with Crippen molar-refractivity contribution in [1.29, 1.82) is 0 Å². The summed E-state index contributed by atoms with van der Waals surface area (Å²) >= 11 is 0. The second kappa shape index (κ2) is 6.84. The molecule has 0 radical (unpaired) electrons. The normalized spacial score (nSPS) is 13.6. The molecule has 1 amide bonds. The van der Waals surface area contributed by atoms with E-state index >= 15 is 0 Å². The number of nitrogens with one attached hydrogen (secondary N) is 1. The van der Waals surface area contributed by atoms with E-state index in [4.69, 9.17) is 0 Å². The summed E-state index contributed by atoms with van der Waals surface area (Å²) in [6.07, 6.45) is 0.794. The molecule has 2 N–H and O–H groups in total. The highest BCUT2D eigenvalue weighted by Gasteiger charge is 2.23. The van der Waals surface area contributed by atoms with Gasteiger partial charge in [0.25, 0.3) is 11.6 Å². The lowest BCUT2D eigenvalue weighted by Gasteiger charge is -2.22. The van der Waals surface area contributed by atoms with Crippen LogP contribution in [0.2, 0.25) is 0 Å². The minimum absolute atomic E-state index is 0.00857. The average molecular weight is 266 g/mol. The minimum atomic E-state index is -0.591. The third-order valence-corrected chi connectivity index (χ3v) is 3.19. The van der Waals surface area contributed by atoms with Gasteiger partial charge in [-0.3, -0.25) is 14.9 Å². The highest BCUT2D eigenvalue weighted by molar-refractivity contribution is 5.98. The maximum Gasteiger partial charge on any atom is 0.282 e. The number of nitrogens with zero attached hydrogens (tertiary/aromatic N) is 1. The fourth-order valence-electron chi connectivity index (χ4n) is 1.72. The summed E-state index contributed by atoms with van der Waals surface area (Å²) in [5.41, 5.74) is -0.227. The molecule has 0 aliphatic rings. The third-order valence-electron chi connectivity index (χ3n) is 3.19. The monoisotopic (exact) mass is 266 g/mol. The number of hydrogen-bond acceptors (Lipinski definition) is 4. The molecule has 19 heavy (non-hydrogen) atoms. The molecule has 2 atom stereocenters. The van der Waals surface area contributed by atoms with E-state index < -0.39 is 16.9 Å². The Labute approximate surface area is 111 Å². The van der Waals surface area contributed by atoms with Crippen LogP contribution in [0.1, 0.15) is 30.6 Å². The number of aliphatic hydroxyl groups excluding tert-OH is 1. The summed E-state index contributed by atoms with van der Waals surface area (Å²) in [7, 11) is 0. The van der Waals surface area contributed by atoms with Crippen molar-refractivity contribution >= 4 is 11.6 Å². The molecule has 1 aromatic carbocycles. The smallest absolute Gasteiger partial charge is 0.282 e. The van der Waals surface area contributed by atoms with Gasteiger partial charge in [0.2, 0.25) is 0 Å². The van der Waals surface area contributed by atoms with Crippen LogP contribution >= 0.6 is 0 Å². The molecule has 0 aromatic heterocycles. The molecule has 1 unspecified atom stereocenters. The number of nitro groups is 1. The van der Waals surface area contributed by atoms with Gasteiger partial charge in [-0.2, -0.15) is 0 Å². The topological polar surface area (TPSA) is 92.5 Å². The first-order valence-electron chi connectivity index (χ1n) is 6.16. The van der Waals surface area contributed by atoms with Crippen molar-refractivity contribution in [3.05, 3.63) is 39.9 Å². The van der Waals surface area contributed by atoms with Crippen molar-refractivity contribution in [3.8, 4) is 0 Å². The van der Waals surface area contributed by atoms with Crippen molar-refractivity contribution < 1.29 is 14.8 Å². The lowest BCUT2D eigenvalue weighted by molar-refractivity contribution is -0.385. The maximum atomic E-state index is 12.0. The predicted molar refractivity (Wildman–Crippen MR) is 70.9 cm³/mol. The van der Waals surface area contributed by atoms with E-state index in [1.54, 1.807) is 6.07 Å². The number of rotatable bonds is 6. The zero-order valence-electron chi connectivity index (χ0n) is 11.0. The Hall–Kier alpha value is -1.95. The van der Waals surface area contributed by atoms with Crippen LogP contribution in [-0.4, -0.2) is 28.6 Å². The van der Waals surface area contributed by atoms with Crippen LogP contribution in [0.5, 0.6) is 0 Å². The zero-order valence-corrected chi connectivity index (χ0v) is 11.0. The first-order chi connectivity index (χ1) is 9.01. The van der Waals surface area contributed by atoms with E-state index in [9.17, 15) is 20.0 Å². The van der Waals surface area contributed by atoms with E-state index in [2.05, 4.69) is 5.32 Å². The zero-order chi connectivity index (χ0) is 14.4. The average Bonchev–Trinajstić information content (AvgIpc) is 2.43. The Balaban J connectivity index is 2.92. The molecule has 0 aliphatic heterocycles. The number of benzene rings is 1. The van der Waals surface area contributed by atoms with Crippen molar-refractivity contribution in [2.75, 3.05) is 6.61 Å². The van der Waals surface area contributed by atoms with Gasteiger partial charge in [0.1, 0.15) is 5.56 Å². The minimum Gasteiger partial charge on any atom is -0.394 e. The largest absolute Gasteiger partial charge is 0.394 e. The Bertz CT molecular complexity index is 462. The summed E-state index contributed by atoms with van der Waals surface area (Å²) < 4.78 is 0. The molecule has 0 saturated carbocycles. The van der Waals surface area contributed by atoms with Crippen molar-refractivity contribution in [2.45, 2.75) is 26.3 Å². The summed E-state index contributed by atoms with van der Waals surface area (Å²) in [6.45, 7) is 3.66. The van der Waals surface area contributed by atoms with Gasteiger partial charge in [0.15, 0.2) is 0 Å². The standard InChI is InChI=1S/C13H18N2O4/c1-3-9(2)11(8-16)14-13(17)10-6-4-5-7-12(10)15(18)19/h4-7,9,11,16H,3,8H2,1-2H3,(H,14,17)/t9?,11-/m1/s1. The Kier molecular flexibility index (Phi) is 5.44. The van der Waals surface area contributed by atoms with Gasteiger partial charge in [0, 0.05) is 6.07 Å². The van der Waals surface area contributed by atoms with Gasteiger partial charge < -0.3 is 10.4 Å². The summed E-state index contributed by atoms with van der Waals surface area (Å²) in [4.78, 5) is 22.3. The number of carbonyl (C=O) groups is 1. The lowest BCUT2D eigenvalue weighted by Crippen LogP contribution is -2.42. The summed E-state index contributed by atoms with van der Waals surface area (Å²) in [5.74, 6) is -0.441. The van der Waals surface area contributed by atoms with Crippen molar-refractivity contribution in [2.24, 2.45) is 5.92 Å². The molecular weight excluding hydrogens is 248 g/mol. The maximum absolute atomic E-state index is 12.0. The van der Waals surface area contributed by atoms with Crippen LogP contribution < -0.4 is 5.32 Å². The molecule has 0 heterocycles. The molecule has 0 spiro atoms. The van der Waals surface area contributed by atoms with Gasteiger partial charge in [-0.1, -0.05) is 32.4 Å². The molecule has 0 aliphatic carbocycles. The summed E-state index contributed by atoms with van der Waals surface area (Å²) in [6, 6.07) is 5.36. The van der Waals surface area contributed by atoms with Crippen molar-refractivity contribution in [3.63, 3.8) is 0 Å². The van der Waals surface area contributed by atoms with Crippen LogP contribution in [0.4, 0.5) is 5.69 Å². The Morgan fingerprint density at radius 2 is 2.11 bits per heavy atom. The van der Waals surface area contributed by atoms with Gasteiger partial charge in [-0.15, -0.1) is 0 Å². The molecule has 6 heteroatoms. The van der Waals surface area contributed by atoms with E-state index in [-0.39, 0.29) is 23.8 Å². The van der Waals surface area contributed by atoms with Crippen molar-refractivity contribution in [1.82, 2.24) is 5.32 Å². The highest BCUT2D eigenvalue weighted by Crippen LogP contribution is 2.18. The Morgan fingerprint density at radius 1 is 1.47 bits per heavy atom. The third kappa shape index (κ3) is 3.75. The molecule has 0 bridgehead atoms. The number of carbonyl (C=O) groups excluding carboxylic acids is 1. The molecule has 1 aromatic rings.